The van der Waals surface area contributed by atoms with E-state index < -0.39 is 5.60 Å². The number of hydrogen-bond donors (Lipinski definition) is 1. The molecule has 15 heavy (non-hydrogen) atoms. The standard InChI is InChI=1S/C11H20N2O2/c1-5-13-7-10(6-12-13)11(14,8-15-4)9(2)3/h6-7,9,14H,5,8H2,1-4H3. The summed E-state index contributed by atoms with van der Waals surface area (Å²) in [4.78, 5) is 0. The molecule has 1 aromatic heterocycles. The molecule has 0 saturated carbocycles. The average Bonchev–Trinajstić information content (AvgIpc) is 2.66. The van der Waals surface area contributed by atoms with Crippen LogP contribution in [-0.2, 0) is 16.9 Å². The third-order valence-corrected chi connectivity index (χ3v) is 2.78. The van der Waals surface area contributed by atoms with Crippen molar-refractivity contribution in [2.24, 2.45) is 5.92 Å². The monoisotopic (exact) mass is 212 g/mol. The molecule has 0 fully saturated rings. The Balaban J connectivity index is 2.98. The molecule has 0 saturated heterocycles. The molecule has 0 aliphatic rings. The first-order chi connectivity index (χ1) is 7.04. The van der Waals surface area contributed by atoms with E-state index in [2.05, 4.69) is 5.10 Å². The zero-order valence-electron chi connectivity index (χ0n) is 9.90. The summed E-state index contributed by atoms with van der Waals surface area (Å²) in [5.41, 5.74) is -0.122. The SMILES string of the molecule is CCn1cc(C(O)(COC)C(C)C)cn1. The first-order valence-electron chi connectivity index (χ1n) is 5.28. The first kappa shape index (κ1) is 12.2. The molecule has 1 heterocycles. The fourth-order valence-corrected chi connectivity index (χ4v) is 1.56. The smallest absolute Gasteiger partial charge is 0.118 e. The van der Waals surface area contributed by atoms with E-state index >= 15 is 0 Å². The first-order valence-corrected chi connectivity index (χ1v) is 5.28. The van der Waals surface area contributed by atoms with E-state index in [0.29, 0.717) is 6.61 Å². The molecule has 4 heteroatoms. The lowest BCUT2D eigenvalue weighted by atomic mass is 9.86. The second-order valence-electron chi connectivity index (χ2n) is 4.10. The minimum atomic E-state index is -0.942. The zero-order valence-corrected chi connectivity index (χ0v) is 9.90. The number of methoxy groups -OCH3 is 1. The van der Waals surface area contributed by atoms with E-state index in [-0.39, 0.29) is 5.92 Å². The summed E-state index contributed by atoms with van der Waals surface area (Å²) in [6.07, 6.45) is 3.58. The minimum absolute atomic E-state index is 0.0898. The molecule has 0 radical (unpaired) electrons. The topological polar surface area (TPSA) is 47.3 Å². The third-order valence-electron chi connectivity index (χ3n) is 2.78. The van der Waals surface area contributed by atoms with E-state index in [0.717, 1.165) is 12.1 Å². The van der Waals surface area contributed by atoms with Crippen molar-refractivity contribution in [3.63, 3.8) is 0 Å². The summed E-state index contributed by atoms with van der Waals surface area (Å²) < 4.78 is 6.88. The van der Waals surface area contributed by atoms with Crippen LogP contribution in [0.5, 0.6) is 0 Å². The van der Waals surface area contributed by atoms with Crippen molar-refractivity contribution in [3.8, 4) is 0 Å². The summed E-state index contributed by atoms with van der Waals surface area (Å²) in [7, 11) is 1.59. The van der Waals surface area contributed by atoms with Crippen molar-refractivity contribution in [1.29, 1.82) is 0 Å². The second kappa shape index (κ2) is 4.77. The van der Waals surface area contributed by atoms with Crippen LogP contribution < -0.4 is 0 Å². The molecular formula is C11H20N2O2. The maximum atomic E-state index is 10.5. The number of rotatable bonds is 5. The van der Waals surface area contributed by atoms with Gasteiger partial charge in [-0.25, -0.2) is 0 Å². The number of nitrogens with zero attached hydrogens (tertiary/aromatic N) is 2. The van der Waals surface area contributed by atoms with Crippen molar-refractivity contribution in [3.05, 3.63) is 18.0 Å². The van der Waals surface area contributed by atoms with Gasteiger partial charge in [-0.05, 0) is 12.8 Å². The van der Waals surface area contributed by atoms with Crippen molar-refractivity contribution in [2.75, 3.05) is 13.7 Å². The molecule has 4 nitrogen and oxygen atoms in total. The van der Waals surface area contributed by atoms with Gasteiger partial charge in [0.05, 0.1) is 12.8 Å². The van der Waals surface area contributed by atoms with E-state index in [1.165, 1.54) is 0 Å². The van der Waals surface area contributed by atoms with Gasteiger partial charge in [-0.3, -0.25) is 4.68 Å². The molecule has 1 unspecified atom stereocenters. The highest BCUT2D eigenvalue weighted by Gasteiger charge is 2.34. The van der Waals surface area contributed by atoms with Crippen molar-refractivity contribution in [2.45, 2.75) is 32.9 Å². The van der Waals surface area contributed by atoms with E-state index in [4.69, 9.17) is 4.74 Å². The second-order valence-corrected chi connectivity index (χ2v) is 4.10. The van der Waals surface area contributed by atoms with Crippen LogP contribution >= 0.6 is 0 Å². The van der Waals surface area contributed by atoms with Crippen LogP contribution in [0.15, 0.2) is 12.4 Å². The molecular weight excluding hydrogens is 192 g/mol. The van der Waals surface area contributed by atoms with Gasteiger partial charge in [0, 0.05) is 25.4 Å². The van der Waals surface area contributed by atoms with Crippen LogP contribution in [0.25, 0.3) is 0 Å². The predicted molar refractivity (Wildman–Crippen MR) is 58.5 cm³/mol. The van der Waals surface area contributed by atoms with E-state index in [1.54, 1.807) is 18.0 Å². The molecule has 0 aliphatic carbocycles. The zero-order chi connectivity index (χ0) is 11.5. The highest BCUT2D eigenvalue weighted by atomic mass is 16.5. The van der Waals surface area contributed by atoms with Gasteiger partial charge in [-0.1, -0.05) is 13.8 Å². The maximum absolute atomic E-state index is 10.5. The van der Waals surface area contributed by atoms with Gasteiger partial charge in [0.25, 0.3) is 0 Å². The van der Waals surface area contributed by atoms with Gasteiger partial charge in [-0.2, -0.15) is 5.10 Å². The number of ether oxygens (including phenoxy) is 1. The molecule has 0 aromatic carbocycles. The van der Waals surface area contributed by atoms with Gasteiger partial charge in [-0.15, -0.1) is 0 Å². The van der Waals surface area contributed by atoms with E-state index in [9.17, 15) is 5.11 Å². The Morgan fingerprint density at radius 2 is 2.27 bits per heavy atom. The fraction of sp³-hybridized carbons (Fsp3) is 0.727. The summed E-state index contributed by atoms with van der Waals surface area (Å²) in [5.74, 6) is 0.0898. The molecule has 86 valence electrons. The number of hydrogen-bond acceptors (Lipinski definition) is 3. The molecule has 0 aliphatic heterocycles. The lowest BCUT2D eigenvalue weighted by Crippen LogP contribution is -2.36. The summed E-state index contributed by atoms with van der Waals surface area (Å²) >= 11 is 0. The lowest BCUT2D eigenvalue weighted by Gasteiger charge is -2.30. The van der Waals surface area contributed by atoms with Gasteiger partial charge >= 0.3 is 0 Å². The highest BCUT2D eigenvalue weighted by molar-refractivity contribution is 5.16. The Kier molecular flexibility index (Phi) is 3.88. The van der Waals surface area contributed by atoms with Gasteiger partial charge in [0.1, 0.15) is 5.60 Å². The predicted octanol–water partition coefficient (Wildman–Crippen LogP) is 1.39. The van der Waals surface area contributed by atoms with Crippen LogP contribution in [-0.4, -0.2) is 28.6 Å². The third kappa shape index (κ3) is 2.38. The van der Waals surface area contributed by atoms with Crippen LogP contribution in [0, 0.1) is 5.92 Å². The Morgan fingerprint density at radius 1 is 1.60 bits per heavy atom. The molecule has 1 rings (SSSR count). The Hall–Kier alpha value is -0.870. The number of aromatic nitrogens is 2. The Labute approximate surface area is 90.9 Å². The van der Waals surface area contributed by atoms with Gasteiger partial charge < -0.3 is 9.84 Å². The molecule has 0 bridgehead atoms. The van der Waals surface area contributed by atoms with E-state index in [1.807, 2.05) is 27.0 Å². The number of aryl methyl sites for hydroxylation is 1. The van der Waals surface area contributed by atoms with Crippen LogP contribution in [0.3, 0.4) is 0 Å². The van der Waals surface area contributed by atoms with Crippen LogP contribution in [0.1, 0.15) is 26.3 Å². The average molecular weight is 212 g/mol. The minimum Gasteiger partial charge on any atom is -0.382 e. The van der Waals surface area contributed by atoms with Crippen molar-refractivity contribution in [1.82, 2.24) is 9.78 Å². The normalized spacial score (nSPS) is 15.6. The fourth-order valence-electron chi connectivity index (χ4n) is 1.56. The van der Waals surface area contributed by atoms with Gasteiger partial charge in [0.2, 0.25) is 0 Å². The Morgan fingerprint density at radius 3 is 2.67 bits per heavy atom. The van der Waals surface area contributed by atoms with Crippen molar-refractivity contribution >= 4 is 0 Å². The lowest BCUT2D eigenvalue weighted by molar-refractivity contribution is -0.0701. The van der Waals surface area contributed by atoms with Crippen molar-refractivity contribution < 1.29 is 9.84 Å². The summed E-state index contributed by atoms with van der Waals surface area (Å²) in [6, 6.07) is 0. The maximum Gasteiger partial charge on any atom is 0.118 e. The van der Waals surface area contributed by atoms with Crippen LogP contribution in [0.4, 0.5) is 0 Å². The number of aliphatic hydroxyl groups is 1. The molecule has 1 N–H and O–H groups in total. The summed E-state index contributed by atoms with van der Waals surface area (Å²) in [6.45, 7) is 7.06. The largest absolute Gasteiger partial charge is 0.382 e. The molecule has 1 aromatic rings. The quantitative estimate of drug-likeness (QED) is 0.802. The summed E-state index contributed by atoms with van der Waals surface area (Å²) in [5, 5.41) is 14.7. The molecule has 0 spiro atoms. The Bertz CT molecular complexity index is 309. The van der Waals surface area contributed by atoms with Crippen LogP contribution in [0.2, 0.25) is 0 Å². The van der Waals surface area contributed by atoms with Gasteiger partial charge in [0.15, 0.2) is 0 Å². The molecule has 1 atom stereocenters. The molecule has 0 amide bonds. The highest BCUT2D eigenvalue weighted by Crippen LogP contribution is 2.29.